The molecule has 0 aliphatic rings. The van der Waals surface area contributed by atoms with Crippen LogP contribution < -0.4 is 5.14 Å². The summed E-state index contributed by atoms with van der Waals surface area (Å²) >= 11 is 0. The van der Waals surface area contributed by atoms with Crippen LogP contribution in [0.2, 0.25) is 0 Å². The van der Waals surface area contributed by atoms with Crippen LogP contribution in [0.5, 0.6) is 0 Å². The van der Waals surface area contributed by atoms with Crippen molar-refractivity contribution in [1.82, 2.24) is 4.98 Å². The molecule has 5 heteroatoms. The second-order valence-corrected chi connectivity index (χ2v) is 4.21. The molecule has 0 saturated heterocycles. The average Bonchev–Trinajstić information content (AvgIpc) is 2.02. The largest absolute Gasteiger partial charge is 0.265 e. The number of aryl methyl sites for hydroxylation is 1. The van der Waals surface area contributed by atoms with Gasteiger partial charge in [-0.05, 0) is 24.1 Å². The van der Waals surface area contributed by atoms with Gasteiger partial charge in [0.2, 0.25) is 10.0 Å². The van der Waals surface area contributed by atoms with Crippen LogP contribution in [-0.2, 0) is 16.4 Å². The van der Waals surface area contributed by atoms with E-state index in [0.717, 1.165) is 5.56 Å². The Morgan fingerprint density at radius 2 is 1.92 bits per heavy atom. The highest BCUT2D eigenvalue weighted by Crippen LogP contribution is 1.98. The Hall–Kier alpha value is -0.940. The van der Waals surface area contributed by atoms with Gasteiger partial charge >= 0.3 is 0 Å². The summed E-state index contributed by atoms with van der Waals surface area (Å²) in [5, 5.41) is 4.84. The van der Waals surface area contributed by atoms with Crippen LogP contribution in [0.1, 0.15) is 5.56 Å². The van der Waals surface area contributed by atoms with Gasteiger partial charge in [0.25, 0.3) is 0 Å². The van der Waals surface area contributed by atoms with Crippen molar-refractivity contribution in [3.05, 3.63) is 30.1 Å². The summed E-state index contributed by atoms with van der Waals surface area (Å²) < 4.78 is 21.1. The molecule has 0 amide bonds. The molecule has 0 fully saturated rings. The molecule has 0 aromatic carbocycles. The van der Waals surface area contributed by atoms with E-state index in [0.29, 0.717) is 6.42 Å². The highest BCUT2D eigenvalue weighted by molar-refractivity contribution is 7.89. The van der Waals surface area contributed by atoms with Gasteiger partial charge in [-0.25, -0.2) is 13.6 Å². The van der Waals surface area contributed by atoms with Crippen molar-refractivity contribution in [2.24, 2.45) is 5.14 Å². The molecule has 4 nitrogen and oxygen atoms in total. The predicted molar refractivity (Wildman–Crippen MR) is 45.9 cm³/mol. The van der Waals surface area contributed by atoms with E-state index in [1.807, 2.05) is 0 Å². The summed E-state index contributed by atoms with van der Waals surface area (Å²) in [6.07, 6.45) is 3.69. The number of sulfonamides is 1. The second kappa shape index (κ2) is 3.64. The number of pyridine rings is 1. The molecular formula is C7H10N2O2S. The highest BCUT2D eigenvalue weighted by atomic mass is 32.2. The third kappa shape index (κ3) is 3.45. The van der Waals surface area contributed by atoms with Crippen LogP contribution in [0.25, 0.3) is 0 Å². The molecule has 0 atom stereocenters. The van der Waals surface area contributed by atoms with Crippen LogP contribution in [0.4, 0.5) is 0 Å². The Morgan fingerprint density at radius 3 is 2.42 bits per heavy atom. The fourth-order valence-corrected chi connectivity index (χ4v) is 1.33. The van der Waals surface area contributed by atoms with Crippen molar-refractivity contribution in [3.8, 4) is 0 Å². The van der Waals surface area contributed by atoms with E-state index < -0.39 is 10.0 Å². The molecule has 0 radical (unpaired) electrons. The SMILES string of the molecule is NS(=O)(=O)CCc1ccncc1. The van der Waals surface area contributed by atoms with E-state index >= 15 is 0 Å². The maximum atomic E-state index is 10.6. The van der Waals surface area contributed by atoms with Crippen molar-refractivity contribution >= 4 is 10.0 Å². The highest BCUT2D eigenvalue weighted by Gasteiger charge is 2.02. The van der Waals surface area contributed by atoms with Gasteiger partial charge in [0.15, 0.2) is 0 Å². The summed E-state index contributed by atoms with van der Waals surface area (Å²) in [6, 6.07) is 3.54. The maximum absolute atomic E-state index is 10.6. The fraction of sp³-hybridized carbons (Fsp3) is 0.286. The van der Waals surface area contributed by atoms with Crippen LogP contribution >= 0.6 is 0 Å². The van der Waals surface area contributed by atoms with Crippen LogP contribution in [0.3, 0.4) is 0 Å². The molecule has 1 aromatic rings. The van der Waals surface area contributed by atoms with Crippen molar-refractivity contribution in [1.29, 1.82) is 0 Å². The Balaban J connectivity index is 2.56. The third-order valence-corrected chi connectivity index (χ3v) is 2.20. The first-order valence-corrected chi connectivity index (χ1v) is 5.19. The van der Waals surface area contributed by atoms with Gasteiger partial charge < -0.3 is 0 Å². The number of nitrogens with two attached hydrogens (primary N) is 1. The summed E-state index contributed by atoms with van der Waals surface area (Å²) in [7, 11) is -3.34. The van der Waals surface area contributed by atoms with Gasteiger partial charge in [0.05, 0.1) is 5.75 Å². The van der Waals surface area contributed by atoms with Crippen molar-refractivity contribution in [3.63, 3.8) is 0 Å². The molecule has 0 aliphatic heterocycles. The minimum Gasteiger partial charge on any atom is -0.265 e. The lowest BCUT2D eigenvalue weighted by Crippen LogP contribution is -2.17. The molecule has 66 valence electrons. The molecule has 2 N–H and O–H groups in total. The summed E-state index contributed by atoms with van der Waals surface area (Å²) in [5.41, 5.74) is 0.930. The first kappa shape index (κ1) is 9.15. The van der Waals surface area contributed by atoms with Crippen molar-refractivity contribution < 1.29 is 8.42 Å². The average molecular weight is 186 g/mol. The van der Waals surface area contributed by atoms with E-state index in [1.54, 1.807) is 24.5 Å². The van der Waals surface area contributed by atoms with Gasteiger partial charge in [0, 0.05) is 12.4 Å². The molecular weight excluding hydrogens is 176 g/mol. The molecule has 1 heterocycles. The molecule has 0 unspecified atom stereocenters. The molecule has 0 spiro atoms. The van der Waals surface area contributed by atoms with Gasteiger partial charge in [-0.3, -0.25) is 4.98 Å². The number of aromatic nitrogens is 1. The molecule has 12 heavy (non-hydrogen) atoms. The summed E-state index contributed by atoms with van der Waals surface area (Å²) in [4.78, 5) is 3.81. The monoisotopic (exact) mass is 186 g/mol. The molecule has 0 bridgehead atoms. The number of primary sulfonamides is 1. The fourth-order valence-electron chi connectivity index (χ4n) is 0.810. The first-order valence-electron chi connectivity index (χ1n) is 3.47. The number of hydrogen-bond acceptors (Lipinski definition) is 3. The quantitative estimate of drug-likeness (QED) is 0.717. The molecule has 0 aliphatic carbocycles. The lowest BCUT2D eigenvalue weighted by Gasteiger charge is -1.97. The number of nitrogens with zero attached hydrogens (tertiary/aromatic N) is 1. The lowest BCUT2D eigenvalue weighted by atomic mass is 10.2. The summed E-state index contributed by atoms with van der Waals surface area (Å²) in [5.74, 6) is -0.0169. The zero-order valence-corrected chi connectivity index (χ0v) is 7.29. The van der Waals surface area contributed by atoms with E-state index in [9.17, 15) is 8.42 Å². The molecule has 1 aromatic heterocycles. The minimum absolute atomic E-state index is 0.0169. The maximum Gasteiger partial charge on any atom is 0.209 e. The first-order chi connectivity index (χ1) is 5.58. The van der Waals surface area contributed by atoms with E-state index in [4.69, 9.17) is 5.14 Å². The minimum atomic E-state index is -3.34. The van der Waals surface area contributed by atoms with Crippen molar-refractivity contribution in [2.45, 2.75) is 6.42 Å². The Morgan fingerprint density at radius 1 is 1.33 bits per heavy atom. The van der Waals surface area contributed by atoms with Crippen LogP contribution in [0.15, 0.2) is 24.5 Å². The smallest absolute Gasteiger partial charge is 0.209 e. The molecule has 0 saturated carbocycles. The van der Waals surface area contributed by atoms with Gasteiger partial charge in [0.1, 0.15) is 0 Å². The van der Waals surface area contributed by atoms with Gasteiger partial charge in [-0.1, -0.05) is 0 Å². The Kier molecular flexibility index (Phi) is 2.78. The standard InChI is InChI=1S/C7H10N2O2S/c8-12(10,11)6-3-7-1-4-9-5-2-7/h1-2,4-5H,3,6H2,(H2,8,10,11). The normalized spacial score (nSPS) is 11.4. The van der Waals surface area contributed by atoms with Crippen LogP contribution in [-0.4, -0.2) is 19.2 Å². The Bertz CT molecular complexity index is 334. The second-order valence-electron chi connectivity index (χ2n) is 2.47. The lowest BCUT2D eigenvalue weighted by molar-refractivity contribution is 0.597. The van der Waals surface area contributed by atoms with Crippen molar-refractivity contribution in [2.75, 3.05) is 5.75 Å². The zero-order valence-electron chi connectivity index (χ0n) is 6.47. The summed E-state index contributed by atoms with van der Waals surface area (Å²) in [6.45, 7) is 0. The predicted octanol–water partition coefficient (Wildman–Crippen LogP) is -0.0874. The van der Waals surface area contributed by atoms with Crippen LogP contribution in [0, 0.1) is 0 Å². The third-order valence-electron chi connectivity index (χ3n) is 1.42. The number of rotatable bonds is 3. The topological polar surface area (TPSA) is 73.1 Å². The molecule has 1 rings (SSSR count). The zero-order chi connectivity index (χ0) is 9.03. The van der Waals surface area contributed by atoms with Gasteiger partial charge in [-0.15, -0.1) is 0 Å². The van der Waals surface area contributed by atoms with E-state index in [2.05, 4.69) is 4.98 Å². The number of hydrogen-bond donors (Lipinski definition) is 1. The van der Waals surface area contributed by atoms with E-state index in [1.165, 1.54) is 0 Å². The van der Waals surface area contributed by atoms with Gasteiger partial charge in [-0.2, -0.15) is 0 Å². The van der Waals surface area contributed by atoms with E-state index in [-0.39, 0.29) is 5.75 Å². The Labute approximate surface area is 71.5 Å².